The Hall–Kier alpha value is -2.21. The topological polar surface area (TPSA) is 60.2 Å². The number of nitrogens with two attached hydrogens (primary N) is 1. The van der Waals surface area contributed by atoms with Crippen LogP contribution in [0.25, 0.3) is 0 Å². The summed E-state index contributed by atoms with van der Waals surface area (Å²) in [5, 5.41) is 3.08. The summed E-state index contributed by atoms with van der Waals surface area (Å²) in [6.07, 6.45) is 1.60. The molecule has 1 aromatic heterocycles. The Morgan fingerprint density at radius 3 is 2.84 bits per heavy atom. The summed E-state index contributed by atoms with van der Waals surface area (Å²) in [6.45, 7) is 0. The van der Waals surface area contributed by atoms with E-state index < -0.39 is 0 Å². The zero-order valence-corrected chi connectivity index (χ0v) is 11.0. The van der Waals surface area contributed by atoms with Crippen molar-refractivity contribution in [3.8, 4) is 5.75 Å². The molecule has 6 heteroatoms. The van der Waals surface area contributed by atoms with E-state index in [0.29, 0.717) is 22.8 Å². The molecular weight excluding hydrogens is 265 g/mol. The Balaban J connectivity index is 2.39. The summed E-state index contributed by atoms with van der Waals surface area (Å²) < 4.78 is 18.2. The van der Waals surface area contributed by atoms with Crippen LogP contribution in [0, 0.1) is 5.82 Å². The molecule has 0 aliphatic heterocycles. The molecule has 3 N–H and O–H groups in total. The number of benzene rings is 1. The van der Waals surface area contributed by atoms with E-state index in [1.165, 1.54) is 19.2 Å². The lowest BCUT2D eigenvalue weighted by Crippen LogP contribution is -2.14. The number of nitrogens with zero attached hydrogens (tertiary/aromatic N) is 1. The Labute approximate surface area is 115 Å². The molecule has 2 aromatic rings. The molecule has 0 spiro atoms. The third-order valence-corrected chi connectivity index (χ3v) is 2.67. The van der Waals surface area contributed by atoms with Gasteiger partial charge in [0.2, 0.25) is 0 Å². The van der Waals surface area contributed by atoms with Gasteiger partial charge in [-0.05, 0) is 24.3 Å². The smallest absolute Gasteiger partial charge is 0.145 e. The van der Waals surface area contributed by atoms with Gasteiger partial charge in [0, 0.05) is 12.3 Å². The first-order valence-electron chi connectivity index (χ1n) is 5.47. The molecule has 0 amide bonds. The number of nitrogens with one attached hydrogen (secondary N) is 1. The number of aromatic nitrogens is 1. The highest BCUT2D eigenvalue weighted by molar-refractivity contribution is 7.80. The molecule has 19 heavy (non-hydrogen) atoms. The Bertz CT molecular complexity index is 619. The van der Waals surface area contributed by atoms with Gasteiger partial charge in [0.25, 0.3) is 0 Å². The van der Waals surface area contributed by atoms with Gasteiger partial charge in [-0.25, -0.2) is 4.39 Å². The number of hydrogen-bond acceptors (Lipinski definition) is 4. The zero-order chi connectivity index (χ0) is 13.8. The Morgan fingerprint density at radius 1 is 1.37 bits per heavy atom. The fraction of sp³-hybridized carbons (Fsp3) is 0.0769. The van der Waals surface area contributed by atoms with Crippen molar-refractivity contribution in [2.45, 2.75) is 0 Å². The molecule has 2 rings (SSSR count). The lowest BCUT2D eigenvalue weighted by molar-refractivity contribution is 0.413. The molecule has 0 bridgehead atoms. The predicted octanol–water partition coefficient (Wildman–Crippen LogP) is 2.61. The van der Waals surface area contributed by atoms with Crippen molar-refractivity contribution >= 4 is 28.6 Å². The van der Waals surface area contributed by atoms with Crippen LogP contribution in [0.15, 0.2) is 36.5 Å². The molecule has 1 heterocycles. The first kappa shape index (κ1) is 13.2. The van der Waals surface area contributed by atoms with Crippen molar-refractivity contribution in [3.05, 3.63) is 48.0 Å². The number of thiocarbonyl (C=S) groups is 1. The van der Waals surface area contributed by atoms with Gasteiger partial charge in [0.1, 0.15) is 22.2 Å². The predicted molar refractivity (Wildman–Crippen MR) is 76.4 cm³/mol. The van der Waals surface area contributed by atoms with E-state index in [9.17, 15) is 4.39 Å². The molecule has 0 saturated heterocycles. The second-order valence-corrected chi connectivity index (χ2v) is 4.17. The highest BCUT2D eigenvalue weighted by atomic mass is 32.1. The highest BCUT2D eigenvalue weighted by Gasteiger charge is 2.09. The minimum absolute atomic E-state index is 0.184. The van der Waals surface area contributed by atoms with Crippen molar-refractivity contribution in [1.82, 2.24) is 4.98 Å². The number of methoxy groups -OCH3 is 1. The Morgan fingerprint density at radius 2 is 2.16 bits per heavy atom. The lowest BCUT2D eigenvalue weighted by atomic mass is 10.2. The van der Waals surface area contributed by atoms with E-state index in [1.54, 1.807) is 24.4 Å². The van der Waals surface area contributed by atoms with Crippen molar-refractivity contribution in [2.24, 2.45) is 5.73 Å². The largest absolute Gasteiger partial charge is 0.494 e. The van der Waals surface area contributed by atoms with Crippen LogP contribution < -0.4 is 15.8 Å². The van der Waals surface area contributed by atoms with Crippen molar-refractivity contribution in [1.29, 1.82) is 0 Å². The third kappa shape index (κ3) is 2.97. The van der Waals surface area contributed by atoms with Crippen LogP contribution in [0.5, 0.6) is 5.75 Å². The van der Waals surface area contributed by atoms with Gasteiger partial charge in [0.15, 0.2) is 0 Å². The molecule has 0 aliphatic carbocycles. The van der Waals surface area contributed by atoms with Crippen LogP contribution in [0.2, 0.25) is 0 Å². The second kappa shape index (κ2) is 5.62. The van der Waals surface area contributed by atoms with Gasteiger partial charge in [-0.1, -0.05) is 12.2 Å². The number of hydrogen-bond donors (Lipinski definition) is 2. The monoisotopic (exact) mass is 277 g/mol. The molecule has 1 aromatic carbocycles. The van der Waals surface area contributed by atoms with Crippen molar-refractivity contribution in [3.63, 3.8) is 0 Å². The Kier molecular flexibility index (Phi) is 3.91. The quantitative estimate of drug-likeness (QED) is 0.841. The van der Waals surface area contributed by atoms with E-state index in [1.807, 2.05) is 0 Å². The van der Waals surface area contributed by atoms with Crippen LogP contribution in [-0.4, -0.2) is 17.1 Å². The molecule has 0 saturated carbocycles. The molecule has 0 unspecified atom stereocenters. The molecule has 98 valence electrons. The first-order valence-corrected chi connectivity index (χ1v) is 5.88. The van der Waals surface area contributed by atoms with Gasteiger partial charge < -0.3 is 15.8 Å². The van der Waals surface area contributed by atoms with Crippen molar-refractivity contribution in [2.75, 3.05) is 12.4 Å². The minimum atomic E-state index is -0.372. The summed E-state index contributed by atoms with van der Waals surface area (Å²) in [7, 11) is 1.47. The van der Waals surface area contributed by atoms with Gasteiger partial charge >= 0.3 is 0 Å². The second-order valence-electron chi connectivity index (χ2n) is 3.73. The molecule has 0 atom stereocenters. The number of rotatable bonds is 4. The SMILES string of the molecule is COc1cc(F)ccc1Nc1cccnc1C(N)=S. The average molecular weight is 277 g/mol. The number of pyridine rings is 1. The summed E-state index contributed by atoms with van der Waals surface area (Å²) in [5.41, 5.74) is 7.32. The number of ether oxygens (including phenoxy) is 1. The number of halogens is 1. The normalized spacial score (nSPS) is 10.0. The van der Waals surface area contributed by atoms with E-state index in [-0.39, 0.29) is 10.8 Å². The van der Waals surface area contributed by atoms with Gasteiger partial charge in [-0.2, -0.15) is 0 Å². The van der Waals surface area contributed by atoms with Crippen LogP contribution in [0.4, 0.5) is 15.8 Å². The van der Waals surface area contributed by atoms with Crippen molar-refractivity contribution < 1.29 is 9.13 Å². The maximum atomic E-state index is 13.1. The van der Waals surface area contributed by atoms with Gasteiger partial charge in [-0.15, -0.1) is 0 Å². The van der Waals surface area contributed by atoms with E-state index in [2.05, 4.69) is 10.3 Å². The average Bonchev–Trinajstić information content (AvgIpc) is 2.41. The van der Waals surface area contributed by atoms with Gasteiger partial charge in [0.05, 0.1) is 18.5 Å². The van der Waals surface area contributed by atoms with E-state index in [4.69, 9.17) is 22.7 Å². The number of anilines is 2. The molecule has 0 radical (unpaired) electrons. The van der Waals surface area contributed by atoms with Crippen LogP contribution in [0.3, 0.4) is 0 Å². The third-order valence-electron chi connectivity index (χ3n) is 2.47. The van der Waals surface area contributed by atoms with Crippen LogP contribution >= 0.6 is 12.2 Å². The van der Waals surface area contributed by atoms with E-state index >= 15 is 0 Å². The summed E-state index contributed by atoms with van der Waals surface area (Å²) in [4.78, 5) is 4.29. The lowest BCUT2D eigenvalue weighted by Gasteiger charge is -2.13. The molecule has 0 fully saturated rings. The van der Waals surface area contributed by atoms with E-state index in [0.717, 1.165) is 0 Å². The summed E-state index contributed by atoms with van der Waals surface area (Å²) in [5.74, 6) is 0.0147. The fourth-order valence-corrected chi connectivity index (χ4v) is 1.78. The minimum Gasteiger partial charge on any atom is -0.494 e. The zero-order valence-electron chi connectivity index (χ0n) is 10.2. The highest BCUT2D eigenvalue weighted by Crippen LogP contribution is 2.29. The molecule has 4 nitrogen and oxygen atoms in total. The maximum absolute atomic E-state index is 13.1. The standard InChI is InChI=1S/C13H12FN3OS/c1-18-11-7-8(14)4-5-9(11)17-10-3-2-6-16-12(10)13(15)19/h2-7,17H,1H3,(H2,15,19). The summed E-state index contributed by atoms with van der Waals surface area (Å²) in [6, 6.07) is 7.73. The first-order chi connectivity index (χ1) is 9.11. The molecular formula is C13H12FN3OS. The van der Waals surface area contributed by atoms with Crippen LogP contribution in [0.1, 0.15) is 5.69 Å². The maximum Gasteiger partial charge on any atom is 0.145 e. The fourth-order valence-electron chi connectivity index (χ4n) is 1.62. The summed E-state index contributed by atoms with van der Waals surface area (Å²) >= 11 is 4.93. The molecule has 0 aliphatic rings. The van der Waals surface area contributed by atoms with Gasteiger partial charge in [-0.3, -0.25) is 4.98 Å². The van der Waals surface area contributed by atoms with Crippen LogP contribution in [-0.2, 0) is 0 Å².